The molecule has 0 spiro atoms. The van der Waals surface area contributed by atoms with Gasteiger partial charge in [-0.25, -0.2) is 8.42 Å². The van der Waals surface area contributed by atoms with Crippen molar-refractivity contribution in [3.05, 3.63) is 0 Å². The lowest BCUT2D eigenvalue weighted by atomic mass is 9.78. The highest BCUT2D eigenvalue weighted by molar-refractivity contribution is 7.91. The summed E-state index contributed by atoms with van der Waals surface area (Å²) in [5.41, 5.74) is 0.491. The zero-order chi connectivity index (χ0) is 13.9. The lowest BCUT2D eigenvalue weighted by Gasteiger charge is -2.34. The summed E-state index contributed by atoms with van der Waals surface area (Å²) in [5.74, 6) is 1.51. The number of hydrogen-bond acceptors (Lipinski definition) is 3. The molecular formula is C15H29NO2S. The predicted octanol–water partition coefficient (Wildman–Crippen LogP) is 2.76. The van der Waals surface area contributed by atoms with E-state index in [4.69, 9.17) is 0 Å². The molecule has 0 amide bonds. The first-order chi connectivity index (χ1) is 8.91. The molecule has 0 aromatic heterocycles. The average molecular weight is 287 g/mol. The van der Waals surface area contributed by atoms with Crippen LogP contribution in [0.25, 0.3) is 0 Å². The van der Waals surface area contributed by atoms with E-state index in [-0.39, 0.29) is 0 Å². The van der Waals surface area contributed by atoms with Gasteiger partial charge in [0.2, 0.25) is 0 Å². The van der Waals surface area contributed by atoms with Crippen LogP contribution >= 0.6 is 0 Å². The molecule has 4 heteroatoms. The van der Waals surface area contributed by atoms with E-state index in [9.17, 15) is 8.42 Å². The van der Waals surface area contributed by atoms with Crippen LogP contribution < -0.4 is 5.32 Å². The molecular weight excluding hydrogens is 258 g/mol. The quantitative estimate of drug-likeness (QED) is 0.846. The molecule has 1 aliphatic heterocycles. The number of nitrogens with one attached hydrogen (secondary N) is 1. The molecule has 0 unspecified atom stereocenters. The Bertz CT molecular complexity index is 369. The highest BCUT2D eigenvalue weighted by Gasteiger charge is 2.35. The highest BCUT2D eigenvalue weighted by Crippen LogP contribution is 2.42. The Hall–Kier alpha value is -0.0900. The number of sulfone groups is 1. The number of hydrogen-bond donors (Lipinski definition) is 1. The van der Waals surface area contributed by atoms with Gasteiger partial charge in [-0.3, -0.25) is 0 Å². The fraction of sp³-hybridized carbons (Fsp3) is 1.00. The monoisotopic (exact) mass is 287 g/mol. The molecule has 1 saturated heterocycles. The van der Waals surface area contributed by atoms with Crippen molar-refractivity contribution in [2.24, 2.45) is 11.3 Å². The summed E-state index contributed by atoms with van der Waals surface area (Å²) in [7, 11) is -2.73. The number of rotatable bonds is 5. The van der Waals surface area contributed by atoms with Crippen molar-refractivity contribution in [2.75, 3.05) is 18.1 Å². The predicted molar refractivity (Wildman–Crippen MR) is 80.0 cm³/mol. The van der Waals surface area contributed by atoms with Gasteiger partial charge in [0.05, 0.1) is 11.5 Å². The van der Waals surface area contributed by atoms with Crippen molar-refractivity contribution in [2.45, 2.75) is 64.8 Å². The van der Waals surface area contributed by atoms with Gasteiger partial charge in [0.1, 0.15) is 9.84 Å². The van der Waals surface area contributed by atoms with Crippen molar-refractivity contribution in [3.63, 3.8) is 0 Å². The van der Waals surface area contributed by atoms with Crippen molar-refractivity contribution in [1.82, 2.24) is 5.32 Å². The van der Waals surface area contributed by atoms with Crippen LogP contribution in [-0.2, 0) is 9.84 Å². The van der Waals surface area contributed by atoms with Crippen LogP contribution in [0, 0.1) is 11.3 Å². The summed E-state index contributed by atoms with van der Waals surface area (Å²) in [5, 5.41) is 3.68. The largest absolute Gasteiger partial charge is 0.313 e. The minimum atomic E-state index is -2.73. The second kappa shape index (κ2) is 6.13. The Morgan fingerprint density at radius 2 is 1.74 bits per heavy atom. The van der Waals surface area contributed by atoms with Gasteiger partial charge < -0.3 is 5.32 Å². The van der Waals surface area contributed by atoms with Crippen molar-refractivity contribution < 1.29 is 8.42 Å². The maximum atomic E-state index is 11.4. The third-order valence-electron chi connectivity index (χ3n) is 4.83. The van der Waals surface area contributed by atoms with Gasteiger partial charge in [-0.15, -0.1) is 0 Å². The van der Waals surface area contributed by atoms with Crippen molar-refractivity contribution in [3.8, 4) is 0 Å². The second-order valence-electron chi connectivity index (χ2n) is 7.11. The smallest absolute Gasteiger partial charge is 0.150 e. The topological polar surface area (TPSA) is 46.2 Å². The third-order valence-corrected chi connectivity index (χ3v) is 6.54. The standard InChI is InChI=1S/C15H29NO2S/c1-13(2)11-15(7-3-4-8-15)12-16-14-5-9-19(17,18)10-6-14/h13-14,16H,3-12H2,1-2H3. The van der Waals surface area contributed by atoms with Gasteiger partial charge >= 0.3 is 0 Å². The maximum absolute atomic E-state index is 11.4. The van der Waals surface area contributed by atoms with Gasteiger partial charge in [0.25, 0.3) is 0 Å². The van der Waals surface area contributed by atoms with Crippen molar-refractivity contribution >= 4 is 9.84 Å². The van der Waals surface area contributed by atoms with Gasteiger partial charge in [-0.2, -0.15) is 0 Å². The molecule has 19 heavy (non-hydrogen) atoms. The SMILES string of the molecule is CC(C)CC1(CNC2CCS(=O)(=O)CC2)CCCC1. The van der Waals surface area contributed by atoms with Gasteiger partial charge in [0, 0.05) is 12.6 Å². The lowest BCUT2D eigenvalue weighted by Crippen LogP contribution is -2.43. The average Bonchev–Trinajstić information content (AvgIpc) is 2.76. The molecule has 0 atom stereocenters. The Kier molecular flexibility index (Phi) is 4.93. The van der Waals surface area contributed by atoms with Gasteiger partial charge in [0.15, 0.2) is 0 Å². The third kappa shape index (κ3) is 4.45. The Morgan fingerprint density at radius 1 is 1.16 bits per heavy atom. The van der Waals surface area contributed by atoms with Crippen LogP contribution in [0.3, 0.4) is 0 Å². The molecule has 2 aliphatic rings. The second-order valence-corrected chi connectivity index (χ2v) is 9.42. The maximum Gasteiger partial charge on any atom is 0.150 e. The van der Waals surface area contributed by atoms with Crippen LogP contribution in [0.15, 0.2) is 0 Å². The summed E-state index contributed by atoms with van der Waals surface area (Å²) in [6.07, 6.45) is 8.36. The first-order valence-corrected chi connectivity index (χ1v) is 9.67. The van der Waals surface area contributed by atoms with E-state index in [0.717, 1.165) is 25.3 Å². The lowest BCUT2D eigenvalue weighted by molar-refractivity contribution is 0.212. The first-order valence-electron chi connectivity index (χ1n) is 7.85. The molecule has 1 heterocycles. The zero-order valence-corrected chi connectivity index (χ0v) is 13.3. The highest BCUT2D eigenvalue weighted by atomic mass is 32.2. The molecule has 0 radical (unpaired) electrons. The van der Waals surface area contributed by atoms with E-state index >= 15 is 0 Å². The molecule has 112 valence electrons. The molecule has 3 nitrogen and oxygen atoms in total. The van der Waals surface area contributed by atoms with E-state index in [1.54, 1.807) is 0 Å². The molecule has 1 aliphatic carbocycles. The van der Waals surface area contributed by atoms with Crippen molar-refractivity contribution in [1.29, 1.82) is 0 Å². The summed E-state index contributed by atoms with van der Waals surface area (Å²) in [6.45, 7) is 5.72. The minimum absolute atomic E-state index is 0.377. The molecule has 0 aromatic rings. The van der Waals surface area contributed by atoms with Crippen LogP contribution in [0.1, 0.15) is 58.8 Å². The van der Waals surface area contributed by atoms with E-state index in [1.165, 1.54) is 32.1 Å². The van der Waals surface area contributed by atoms with Crippen LogP contribution in [-0.4, -0.2) is 32.5 Å². The normalized spacial score (nSPS) is 26.9. The molecule has 0 aromatic carbocycles. The Morgan fingerprint density at radius 3 is 2.26 bits per heavy atom. The Labute approximate surface area is 118 Å². The summed E-state index contributed by atoms with van der Waals surface area (Å²) < 4.78 is 22.9. The van der Waals surface area contributed by atoms with E-state index in [2.05, 4.69) is 19.2 Å². The molecule has 1 saturated carbocycles. The molecule has 2 fully saturated rings. The minimum Gasteiger partial charge on any atom is -0.313 e. The fourth-order valence-electron chi connectivity index (χ4n) is 3.90. The fourth-order valence-corrected chi connectivity index (χ4v) is 5.39. The van der Waals surface area contributed by atoms with E-state index in [1.807, 2.05) is 0 Å². The first kappa shape index (κ1) is 15.3. The van der Waals surface area contributed by atoms with Gasteiger partial charge in [-0.05, 0) is 43.4 Å². The van der Waals surface area contributed by atoms with Crippen LogP contribution in [0.2, 0.25) is 0 Å². The molecule has 0 bridgehead atoms. The van der Waals surface area contributed by atoms with Crippen LogP contribution in [0.4, 0.5) is 0 Å². The van der Waals surface area contributed by atoms with E-state index in [0.29, 0.717) is 23.0 Å². The van der Waals surface area contributed by atoms with E-state index < -0.39 is 9.84 Å². The van der Waals surface area contributed by atoms with Gasteiger partial charge in [-0.1, -0.05) is 26.7 Å². The Balaban J connectivity index is 1.83. The summed E-state index contributed by atoms with van der Waals surface area (Å²) in [4.78, 5) is 0. The molecule has 1 N–H and O–H groups in total. The zero-order valence-electron chi connectivity index (χ0n) is 12.5. The summed E-state index contributed by atoms with van der Waals surface area (Å²) >= 11 is 0. The molecule has 2 rings (SSSR count). The summed E-state index contributed by atoms with van der Waals surface area (Å²) in [6, 6.07) is 0.424. The van der Waals surface area contributed by atoms with Crippen LogP contribution in [0.5, 0.6) is 0 Å².